The SMILES string of the molecule is CC(C)(CCC(=O)NC1(C(=O)O)CCSCC1)c1ccccc1. The third kappa shape index (κ3) is 4.50. The van der Waals surface area contributed by atoms with Crippen molar-refractivity contribution in [3.8, 4) is 0 Å². The quantitative estimate of drug-likeness (QED) is 0.838. The Bertz CT molecular complexity index is 551. The third-order valence-corrected chi connectivity index (χ3v) is 5.65. The van der Waals surface area contributed by atoms with Crippen molar-refractivity contribution in [2.75, 3.05) is 11.5 Å². The van der Waals surface area contributed by atoms with Crippen molar-refractivity contribution in [3.63, 3.8) is 0 Å². The van der Waals surface area contributed by atoms with Crippen LogP contribution in [-0.4, -0.2) is 34.0 Å². The number of benzene rings is 1. The molecule has 0 spiro atoms. The van der Waals surface area contributed by atoms with E-state index in [0.717, 1.165) is 11.5 Å². The van der Waals surface area contributed by atoms with Gasteiger partial charge in [-0.1, -0.05) is 44.2 Å². The predicted octanol–water partition coefficient (Wildman–Crippen LogP) is 3.21. The normalized spacial score (nSPS) is 17.5. The molecular weight excluding hydrogens is 310 g/mol. The molecule has 4 nitrogen and oxygen atoms in total. The lowest BCUT2D eigenvalue weighted by molar-refractivity contribution is -0.148. The highest BCUT2D eigenvalue weighted by Gasteiger charge is 2.41. The van der Waals surface area contributed by atoms with E-state index in [2.05, 4.69) is 31.3 Å². The first-order chi connectivity index (χ1) is 10.9. The van der Waals surface area contributed by atoms with Gasteiger partial charge in [-0.15, -0.1) is 0 Å². The Balaban J connectivity index is 1.95. The molecule has 0 unspecified atom stereocenters. The molecule has 1 saturated heterocycles. The van der Waals surface area contributed by atoms with Gasteiger partial charge in [0.05, 0.1) is 0 Å². The lowest BCUT2D eigenvalue weighted by Crippen LogP contribution is -2.56. The van der Waals surface area contributed by atoms with Crippen LogP contribution in [0.5, 0.6) is 0 Å². The van der Waals surface area contributed by atoms with E-state index >= 15 is 0 Å². The van der Waals surface area contributed by atoms with Gasteiger partial charge in [-0.3, -0.25) is 4.79 Å². The highest BCUT2D eigenvalue weighted by Crippen LogP contribution is 2.30. The molecule has 0 atom stereocenters. The molecule has 126 valence electrons. The Morgan fingerprint density at radius 1 is 1.22 bits per heavy atom. The number of thioether (sulfide) groups is 1. The number of hydrogen-bond acceptors (Lipinski definition) is 3. The predicted molar refractivity (Wildman–Crippen MR) is 93.8 cm³/mol. The van der Waals surface area contributed by atoms with E-state index in [-0.39, 0.29) is 11.3 Å². The van der Waals surface area contributed by atoms with E-state index < -0.39 is 11.5 Å². The van der Waals surface area contributed by atoms with Crippen LogP contribution in [0.1, 0.15) is 45.1 Å². The van der Waals surface area contributed by atoms with Crippen molar-refractivity contribution < 1.29 is 14.7 Å². The van der Waals surface area contributed by atoms with Crippen molar-refractivity contribution in [1.82, 2.24) is 5.32 Å². The van der Waals surface area contributed by atoms with E-state index in [1.54, 1.807) is 11.8 Å². The molecule has 2 N–H and O–H groups in total. The minimum Gasteiger partial charge on any atom is -0.480 e. The van der Waals surface area contributed by atoms with E-state index in [0.29, 0.717) is 25.7 Å². The van der Waals surface area contributed by atoms with Gasteiger partial charge >= 0.3 is 5.97 Å². The highest BCUT2D eigenvalue weighted by atomic mass is 32.2. The largest absolute Gasteiger partial charge is 0.480 e. The third-order valence-electron chi connectivity index (χ3n) is 4.67. The zero-order valence-electron chi connectivity index (χ0n) is 13.8. The zero-order chi connectivity index (χ0) is 16.9. The minimum absolute atomic E-state index is 0.114. The molecule has 1 aromatic carbocycles. The molecule has 1 aromatic rings. The van der Waals surface area contributed by atoms with Gasteiger partial charge in [0.15, 0.2) is 0 Å². The minimum atomic E-state index is -1.07. The molecule has 1 heterocycles. The van der Waals surface area contributed by atoms with Gasteiger partial charge in [0, 0.05) is 6.42 Å². The monoisotopic (exact) mass is 335 g/mol. The van der Waals surface area contributed by atoms with Gasteiger partial charge in [-0.05, 0) is 41.7 Å². The lowest BCUT2D eigenvalue weighted by Gasteiger charge is -2.34. The van der Waals surface area contributed by atoms with Crippen molar-refractivity contribution in [2.45, 2.75) is 50.5 Å². The highest BCUT2D eigenvalue weighted by molar-refractivity contribution is 7.99. The van der Waals surface area contributed by atoms with Gasteiger partial charge < -0.3 is 10.4 Å². The standard InChI is InChI=1S/C18H25NO3S/c1-17(2,14-6-4-3-5-7-14)9-8-15(20)19-18(16(21)22)10-12-23-13-11-18/h3-7H,8-13H2,1-2H3,(H,19,20)(H,21,22). The zero-order valence-corrected chi connectivity index (χ0v) is 14.6. The molecule has 1 aliphatic heterocycles. The van der Waals surface area contributed by atoms with E-state index in [1.807, 2.05) is 18.2 Å². The van der Waals surface area contributed by atoms with Crippen LogP contribution < -0.4 is 5.32 Å². The van der Waals surface area contributed by atoms with Crippen molar-refractivity contribution in [3.05, 3.63) is 35.9 Å². The molecule has 0 saturated carbocycles. The number of aliphatic carboxylic acids is 1. The smallest absolute Gasteiger partial charge is 0.329 e. The average Bonchev–Trinajstić information content (AvgIpc) is 2.55. The van der Waals surface area contributed by atoms with Crippen LogP contribution in [0, 0.1) is 0 Å². The Morgan fingerprint density at radius 3 is 2.39 bits per heavy atom. The second kappa shape index (κ2) is 7.39. The number of carboxylic acids is 1. The summed E-state index contributed by atoms with van der Waals surface area (Å²) in [7, 11) is 0. The maximum atomic E-state index is 12.3. The molecule has 0 aliphatic carbocycles. The molecule has 0 bridgehead atoms. The molecule has 1 amide bonds. The maximum absolute atomic E-state index is 12.3. The Labute approximate surface area is 142 Å². The number of hydrogen-bond donors (Lipinski definition) is 2. The van der Waals surface area contributed by atoms with Crippen LogP contribution in [0.2, 0.25) is 0 Å². The number of rotatable bonds is 6. The summed E-state index contributed by atoms with van der Waals surface area (Å²) in [6, 6.07) is 10.1. The number of nitrogens with one attached hydrogen (secondary N) is 1. The summed E-state index contributed by atoms with van der Waals surface area (Å²) in [6.07, 6.45) is 2.03. The van der Waals surface area contributed by atoms with Crippen molar-refractivity contribution in [2.24, 2.45) is 0 Å². The average molecular weight is 335 g/mol. The summed E-state index contributed by atoms with van der Waals surface area (Å²) in [4.78, 5) is 23.9. The molecule has 23 heavy (non-hydrogen) atoms. The van der Waals surface area contributed by atoms with E-state index in [4.69, 9.17) is 0 Å². The fraction of sp³-hybridized carbons (Fsp3) is 0.556. The molecule has 0 aromatic heterocycles. The molecule has 1 aliphatic rings. The molecule has 1 fully saturated rings. The summed E-state index contributed by atoms with van der Waals surface area (Å²) in [6.45, 7) is 4.22. The molecule has 5 heteroatoms. The number of amides is 1. The van der Waals surface area contributed by atoms with Crippen LogP contribution in [0.25, 0.3) is 0 Å². The Morgan fingerprint density at radius 2 is 1.83 bits per heavy atom. The summed E-state index contributed by atoms with van der Waals surface area (Å²) in [5.41, 5.74) is 0.00574. The summed E-state index contributed by atoms with van der Waals surface area (Å²) in [5, 5.41) is 12.3. The number of carbonyl (C=O) groups is 2. The van der Waals surface area contributed by atoms with Gasteiger partial charge in [0.25, 0.3) is 0 Å². The van der Waals surface area contributed by atoms with Crippen molar-refractivity contribution >= 4 is 23.6 Å². The first-order valence-electron chi connectivity index (χ1n) is 8.03. The second-order valence-corrected chi connectivity index (χ2v) is 8.02. The lowest BCUT2D eigenvalue weighted by atomic mass is 9.80. The van der Waals surface area contributed by atoms with Crippen LogP contribution >= 0.6 is 11.8 Å². The number of carbonyl (C=O) groups excluding carboxylic acids is 1. The van der Waals surface area contributed by atoms with E-state index in [9.17, 15) is 14.7 Å². The summed E-state index contributed by atoms with van der Waals surface area (Å²) in [5.74, 6) is 0.487. The van der Waals surface area contributed by atoms with Crippen LogP contribution in [0.4, 0.5) is 0 Å². The van der Waals surface area contributed by atoms with Gasteiger partial charge in [-0.25, -0.2) is 4.79 Å². The molecule has 0 radical (unpaired) electrons. The van der Waals surface area contributed by atoms with Gasteiger partial charge in [0.2, 0.25) is 5.91 Å². The topological polar surface area (TPSA) is 66.4 Å². The fourth-order valence-corrected chi connectivity index (χ4v) is 4.09. The number of carboxylic acid groups (broad SMARTS) is 1. The van der Waals surface area contributed by atoms with E-state index in [1.165, 1.54) is 5.56 Å². The summed E-state index contributed by atoms with van der Waals surface area (Å²) < 4.78 is 0. The molecule has 2 rings (SSSR count). The van der Waals surface area contributed by atoms with Crippen LogP contribution in [0.15, 0.2) is 30.3 Å². The first-order valence-corrected chi connectivity index (χ1v) is 9.19. The van der Waals surface area contributed by atoms with Crippen LogP contribution in [0.3, 0.4) is 0 Å². The molecular formula is C18H25NO3S. The van der Waals surface area contributed by atoms with Crippen molar-refractivity contribution in [1.29, 1.82) is 0 Å². The Kier molecular flexibility index (Phi) is 5.74. The summed E-state index contributed by atoms with van der Waals surface area (Å²) >= 11 is 1.74. The van der Waals surface area contributed by atoms with Gasteiger partial charge in [-0.2, -0.15) is 11.8 Å². The second-order valence-electron chi connectivity index (χ2n) is 6.80. The first kappa shape index (κ1) is 17.9. The van der Waals surface area contributed by atoms with Gasteiger partial charge in [0.1, 0.15) is 5.54 Å². The maximum Gasteiger partial charge on any atom is 0.329 e. The fourth-order valence-electron chi connectivity index (χ4n) is 2.90. The van der Waals surface area contributed by atoms with Crippen LogP contribution in [-0.2, 0) is 15.0 Å². The Hall–Kier alpha value is -1.49.